The normalized spacial score (nSPS) is 20.4. The monoisotopic (exact) mass is 261 g/mol. The fourth-order valence-corrected chi connectivity index (χ4v) is 3.45. The predicted octanol–water partition coefficient (Wildman–Crippen LogP) is 0.467. The van der Waals surface area contributed by atoms with Crippen LogP contribution in [0.15, 0.2) is 0 Å². The molecule has 0 aromatic heterocycles. The third-order valence-electron chi connectivity index (χ3n) is 3.11. The molecule has 17 heavy (non-hydrogen) atoms. The van der Waals surface area contributed by atoms with Gasteiger partial charge in [0.05, 0.1) is 6.42 Å². The number of amides is 1. The van der Waals surface area contributed by atoms with Crippen LogP contribution < -0.4 is 0 Å². The lowest BCUT2D eigenvalue weighted by Crippen LogP contribution is -2.36. The minimum Gasteiger partial charge on any atom is -0.481 e. The van der Waals surface area contributed by atoms with Crippen LogP contribution in [0, 0.1) is 5.41 Å². The van der Waals surface area contributed by atoms with Crippen molar-refractivity contribution >= 4 is 22.7 Å². The van der Waals surface area contributed by atoms with Crippen molar-refractivity contribution in [3.63, 3.8) is 0 Å². The van der Waals surface area contributed by atoms with E-state index in [2.05, 4.69) is 0 Å². The van der Waals surface area contributed by atoms with Gasteiger partial charge in [-0.2, -0.15) is 0 Å². The number of carbonyl (C=O) groups is 2. The van der Waals surface area contributed by atoms with Gasteiger partial charge in [0.25, 0.3) is 0 Å². The summed E-state index contributed by atoms with van der Waals surface area (Å²) in [6.07, 6.45) is 1.66. The summed E-state index contributed by atoms with van der Waals surface area (Å²) in [5.74, 6) is -0.708. The molecule has 0 aromatic rings. The Bertz CT molecular complexity index is 349. The van der Waals surface area contributed by atoms with Crippen molar-refractivity contribution in [3.8, 4) is 0 Å². The minimum atomic E-state index is -1.29. The van der Waals surface area contributed by atoms with E-state index < -0.39 is 22.0 Å². The number of rotatable bonds is 6. The predicted molar refractivity (Wildman–Crippen MR) is 65.1 cm³/mol. The quantitative estimate of drug-likeness (QED) is 0.754. The highest BCUT2D eigenvalue weighted by Crippen LogP contribution is 2.49. The highest BCUT2D eigenvalue weighted by atomic mass is 32.2. The van der Waals surface area contributed by atoms with E-state index >= 15 is 0 Å². The molecule has 2 unspecified atom stereocenters. The van der Waals surface area contributed by atoms with Crippen molar-refractivity contribution < 1.29 is 18.9 Å². The summed E-state index contributed by atoms with van der Waals surface area (Å²) in [4.78, 5) is 23.7. The van der Waals surface area contributed by atoms with Crippen LogP contribution in [0.2, 0.25) is 0 Å². The Balaban J connectivity index is 2.55. The smallest absolute Gasteiger partial charge is 0.303 e. The Morgan fingerprint density at radius 2 is 1.94 bits per heavy atom. The Morgan fingerprint density at radius 1 is 1.41 bits per heavy atom. The van der Waals surface area contributed by atoms with E-state index in [0.717, 1.165) is 12.8 Å². The van der Waals surface area contributed by atoms with Crippen LogP contribution in [-0.2, 0) is 20.4 Å². The molecule has 1 aliphatic carbocycles. The summed E-state index contributed by atoms with van der Waals surface area (Å²) in [6.45, 7) is 1.63. The van der Waals surface area contributed by atoms with E-state index in [1.54, 1.807) is 21.0 Å². The van der Waals surface area contributed by atoms with Crippen LogP contribution in [0.25, 0.3) is 0 Å². The summed E-state index contributed by atoms with van der Waals surface area (Å²) in [7, 11) is 1.96. The van der Waals surface area contributed by atoms with Gasteiger partial charge in [0.2, 0.25) is 5.91 Å². The molecule has 0 aliphatic heterocycles. The van der Waals surface area contributed by atoms with Gasteiger partial charge in [0.1, 0.15) is 5.25 Å². The number of carboxylic acids is 1. The average Bonchev–Trinajstić information content (AvgIpc) is 2.93. The largest absolute Gasteiger partial charge is 0.481 e. The van der Waals surface area contributed by atoms with Gasteiger partial charge in [0, 0.05) is 30.6 Å². The number of carboxylic acid groups (broad SMARTS) is 1. The zero-order chi connectivity index (χ0) is 13.2. The van der Waals surface area contributed by atoms with Gasteiger partial charge in [-0.1, -0.05) is 0 Å². The molecular formula is C11H19NO4S. The standard InChI is InChI=1S/C11H19NO4S/c1-8(10(15)12(2)3)17(16)7-11(4-5-11)6-9(13)14/h8H,4-7H2,1-3H3,(H,13,14). The second-order valence-corrected chi connectivity index (χ2v) is 6.73. The third kappa shape index (κ3) is 3.80. The Labute approximate surface area is 104 Å². The molecule has 0 heterocycles. The number of hydrogen-bond acceptors (Lipinski definition) is 3. The SMILES string of the molecule is CC(C(=O)N(C)C)S(=O)CC1(CC(=O)O)CC1. The number of hydrogen-bond donors (Lipinski definition) is 1. The molecule has 1 fully saturated rings. The van der Waals surface area contributed by atoms with Gasteiger partial charge in [0.15, 0.2) is 0 Å². The van der Waals surface area contributed by atoms with Crippen LogP contribution in [0.3, 0.4) is 0 Å². The topological polar surface area (TPSA) is 74.7 Å². The van der Waals surface area contributed by atoms with E-state index in [1.165, 1.54) is 4.90 Å². The van der Waals surface area contributed by atoms with Crippen molar-refractivity contribution in [2.24, 2.45) is 5.41 Å². The molecule has 98 valence electrons. The molecule has 1 saturated carbocycles. The molecule has 0 saturated heterocycles. The number of carbonyl (C=O) groups excluding carboxylic acids is 1. The zero-order valence-corrected chi connectivity index (χ0v) is 11.2. The van der Waals surface area contributed by atoms with Gasteiger partial charge >= 0.3 is 5.97 Å². The van der Waals surface area contributed by atoms with Crippen molar-refractivity contribution in [2.75, 3.05) is 19.8 Å². The summed E-state index contributed by atoms with van der Waals surface area (Å²) in [5.41, 5.74) is -0.322. The lowest BCUT2D eigenvalue weighted by molar-refractivity contribution is -0.138. The lowest BCUT2D eigenvalue weighted by atomic mass is 10.1. The zero-order valence-electron chi connectivity index (χ0n) is 10.4. The molecule has 0 spiro atoms. The van der Waals surface area contributed by atoms with Gasteiger partial charge in [-0.15, -0.1) is 0 Å². The summed E-state index contributed by atoms with van der Waals surface area (Å²) in [5, 5.41) is 8.20. The number of nitrogens with zero attached hydrogens (tertiary/aromatic N) is 1. The molecule has 1 aliphatic rings. The van der Waals surface area contributed by atoms with Crippen molar-refractivity contribution in [1.29, 1.82) is 0 Å². The van der Waals surface area contributed by atoms with Gasteiger partial charge in [-0.25, -0.2) is 0 Å². The molecule has 0 bridgehead atoms. The maximum atomic E-state index is 12.0. The second kappa shape index (κ2) is 5.16. The van der Waals surface area contributed by atoms with Gasteiger partial charge < -0.3 is 10.0 Å². The molecule has 0 aromatic carbocycles. The average molecular weight is 261 g/mol. The van der Waals surface area contributed by atoms with Crippen molar-refractivity contribution in [1.82, 2.24) is 4.90 Å². The molecule has 2 atom stereocenters. The molecule has 5 nitrogen and oxygen atoms in total. The first kappa shape index (κ1) is 14.2. The Morgan fingerprint density at radius 3 is 2.29 bits per heavy atom. The van der Waals surface area contributed by atoms with Crippen LogP contribution in [0.5, 0.6) is 0 Å². The summed E-state index contributed by atoms with van der Waals surface area (Å²) < 4.78 is 12.0. The maximum absolute atomic E-state index is 12.0. The number of aliphatic carboxylic acids is 1. The third-order valence-corrected chi connectivity index (χ3v) is 5.00. The van der Waals surface area contributed by atoms with E-state index in [-0.39, 0.29) is 17.7 Å². The van der Waals surface area contributed by atoms with E-state index in [9.17, 15) is 13.8 Å². The fraction of sp³-hybridized carbons (Fsp3) is 0.818. The lowest BCUT2D eigenvalue weighted by Gasteiger charge is -2.19. The molecule has 6 heteroatoms. The van der Waals surface area contributed by atoms with Crippen LogP contribution in [0.4, 0.5) is 0 Å². The Kier molecular flexibility index (Phi) is 4.30. The maximum Gasteiger partial charge on any atom is 0.303 e. The highest BCUT2D eigenvalue weighted by molar-refractivity contribution is 7.86. The van der Waals surface area contributed by atoms with Gasteiger partial charge in [-0.3, -0.25) is 13.8 Å². The summed E-state index contributed by atoms with van der Waals surface area (Å²) in [6, 6.07) is 0. The molecule has 1 amide bonds. The minimum absolute atomic E-state index is 0.0572. The molecule has 0 radical (unpaired) electrons. The molecular weight excluding hydrogens is 242 g/mol. The van der Waals surface area contributed by atoms with Crippen molar-refractivity contribution in [3.05, 3.63) is 0 Å². The van der Waals surface area contributed by atoms with Crippen LogP contribution >= 0.6 is 0 Å². The first-order chi connectivity index (χ1) is 7.77. The molecule has 1 N–H and O–H groups in total. The van der Waals surface area contributed by atoms with Crippen LogP contribution in [-0.4, -0.2) is 51.2 Å². The van der Waals surface area contributed by atoms with Crippen molar-refractivity contribution in [2.45, 2.75) is 31.4 Å². The van der Waals surface area contributed by atoms with E-state index in [0.29, 0.717) is 5.75 Å². The second-order valence-electron chi connectivity index (χ2n) is 4.97. The first-order valence-electron chi connectivity index (χ1n) is 5.57. The summed E-state index contributed by atoms with van der Waals surface area (Å²) >= 11 is 0. The first-order valence-corrected chi connectivity index (χ1v) is 6.96. The Hall–Kier alpha value is -0.910. The molecule has 1 rings (SSSR count). The van der Waals surface area contributed by atoms with Gasteiger partial charge in [-0.05, 0) is 25.2 Å². The highest BCUT2D eigenvalue weighted by Gasteiger charge is 2.46. The fourth-order valence-electron chi connectivity index (χ4n) is 1.77. The van der Waals surface area contributed by atoms with Crippen LogP contribution in [0.1, 0.15) is 26.2 Å². The van der Waals surface area contributed by atoms with E-state index in [1.807, 2.05) is 0 Å². The van der Waals surface area contributed by atoms with E-state index in [4.69, 9.17) is 5.11 Å².